The maximum absolute atomic E-state index is 13.0. The molecule has 4 aliphatic rings. The normalized spacial score (nSPS) is 22.7. The first-order chi connectivity index (χ1) is 18.9. The lowest BCUT2D eigenvalue weighted by Gasteiger charge is -2.40. The van der Waals surface area contributed by atoms with E-state index in [2.05, 4.69) is 15.5 Å². The van der Waals surface area contributed by atoms with Gasteiger partial charge in [0.15, 0.2) is 0 Å². The second kappa shape index (κ2) is 12.3. The number of anilines is 1. The molecule has 2 N–H and O–H groups in total. The van der Waals surface area contributed by atoms with Crippen molar-refractivity contribution in [3.8, 4) is 0 Å². The fraction of sp³-hybridized carbons (Fsp3) is 0.607. The van der Waals surface area contributed by atoms with Gasteiger partial charge in [-0.3, -0.25) is 39.1 Å². The second-order valence-corrected chi connectivity index (χ2v) is 10.7. The minimum Gasteiger partial charge on any atom is -0.385 e. The smallest absolute Gasteiger partial charge is 0.262 e. The van der Waals surface area contributed by atoms with Crippen LogP contribution in [-0.2, 0) is 19.1 Å². The van der Waals surface area contributed by atoms with Crippen molar-refractivity contribution in [1.82, 2.24) is 20.0 Å². The number of unbranched alkanes of at least 4 members (excludes halogenated alkanes) is 2. The van der Waals surface area contributed by atoms with Crippen LogP contribution in [0.15, 0.2) is 18.2 Å². The number of fused-ring (bicyclic) bond motifs is 1. The average molecular weight is 540 g/mol. The van der Waals surface area contributed by atoms with Crippen molar-refractivity contribution in [3.63, 3.8) is 0 Å². The van der Waals surface area contributed by atoms with Gasteiger partial charge in [-0.15, -0.1) is 0 Å². The summed E-state index contributed by atoms with van der Waals surface area (Å²) in [5, 5.41) is 5.50. The van der Waals surface area contributed by atoms with Gasteiger partial charge in [0, 0.05) is 57.3 Å². The minimum atomic E-state index is -0.967. The molecule has 4 aliphatic heterocycles. The van der Waals surface area contributed by atoms with Gasteiger partial charge in [-0.05, 0) is 50.3 Å². The lowest BCUT2D eigenvalue weighted by Crippen LogP contribution is -2.54. The predicted molar refractivity (Wildman–Crippen MR) is 142 cm³/mol. The van der Waals surface area contributed by atoms with E-state index in [1.54, 1.807) is 18.2 Å². The number of amides is 5. The second-order valence-electron chi connectivity index (χ2n) is 10.7. The van der Waals surface area contributed by atoms with Crippen molar-refractivity contribution >= 4 is 35.2 Å². The van der Waals surface area contributed by atoms with Crippen LogP contribution in [0.3, 0.4) is 0 Å². The van der Waals surface area contributed by atoms with Gasteiger partial charge in [-0.2, -0.15) is 0 Å². The number of piperidine rings is 2. The first-order valence-electron chi connectivity index (χ1n) is 14.1. The van der Waals surface area contributed by atoms with E-state index in [1.165, 1.54) is 0 Å². The third-order valence-corrected chi connectivity index (χ3v) is 8.22. The molecule has 5 amide bonds. The first kappa shape index (κ1) is 27.3. The molecular weight excluding hydrogens is 502 g/mol. The highest BCUT2D eigenvalue weighted by Crippen LogP contribution is 2.29. The average Bonchev–Trinajstić information content (AvgIpc) is 3.20. The molecule has 0 saturated carbocycles. The van der Waals surface area contributed by atoms with Crippen LogP contribution in [0.5, 0.6) is 0 Å². The number of likely N-dealkylation sites (tertiary alicyclic amines) is 1. The molecule has 0 aliphatic carbocycles. The Labute approximate surface area is 228 Å². The molecule has 1 aromatic rings. The summed E-state index contributed by atoms with van der Waals surface area (Å²) in [6, 6.07) is 4.60. The highest BCUT2D eigenvalue weighted by Gasteiger charge is 2.44. The van der Waals surface area contributed by atoms with Crippen molar-refractivity contribution < 1.29 is 28.7 Å². The molecule has 11 heteroatoms. The van der Waals surface area contributed by atoms with Crippen LogP contribution in [0.25, 0.3) is 0 Å². The molecule has 11 nitrogen and oxygen atoms in total. The van der Waals surface area contributed by atoms with Crippen molar-refractivity contribution in [2.45, 2.75) is 63.5 Å². The number of rotatable bonds is 9. The third-order valence-electron chi connectivity index (χ3n) is 8.22. The molecule has 0 aromatic heterocycles. The van der Waals surface area contributed by atoms with Gasteiger partial charge in [-0.25, -0.2) is 0 Å². The summed E-state index contributed by atoms with van der Waals surface area (Å²) in [4.78, 5) is 67.6. The molecular formula is C28H37N5O6. The molecule has 3 fully saturated rings. The summed E-state index contributed by atoms with van der Waals surface area (Å²) in [6.07, 6.45) is 5.49. The Morgan fingerprint density at radius 3 is 2.41 bits per heavy atom. The number of carbonyl (C=O) groups excluding carboxylic acids is 5. The molecule has 5 rings (SSSR count). The highest BCUT2D eigenvalue weighted by atomic mass is 16.5. The van der Waals surface area contributed by atoms with Crippen LogP contribution in [0.2, 0.25) is 0 Å². The molecule has 39 heavy (non-hydrogen) atoms. The van der Waals surface area contributed by atoms with Crippen LogP contribution < -0.4 is 10.6 Å². The number of hydrogen-bond donors (Lipinski definition) is 2. The minimum absolute atomic E-state index is 0.0929. The largest absolute Gasteiger partial charge is 0.385 e. The van der Waals surface area contributed by atoms with E-state index in [0.717, 1.165) is 82.1 Å². The third kappa shape index (κ3) is 6.14. The van der Waals surface area contributed by atoms with E-state index in [9.17, 15) is 24.0 Å². The van der Waals surface area contributed by atoms with Crippen molar-refractivity contribution in [2.24, 2.45) is 0 Å². The number of benzene rings is 1. The quantitative estimate of drug-likeness (QED) is 0.356. The van der Waals surface area contributed by atoms with Gasteiger partial charge in [0.05, 0.1) is 24.3 Å². The Bertz CT molecular complexity index is 1130. The van der Waals surface area contributed by atoms with Gasteiger partial charge in [-0.1, -0.05) is 6.42 Å². The number of carbonyl (C=O) groups is 5. The summed E-state index contributed by atoms with van der Waals surface area (Å²) in [5.74, 6) is -1.79. The summed E-state index contributed by atoms with van der Waals surface area (Å²) in [6.45, 7) is 5.95. The monoisotopic (exact) mass is 539 g/mol. The van der Waals surface area contributed by atoms with E-state index < -0.39 is 29.7 Å². The SMILES string of the molecule is O=C1CCC(N2C(=O)c3ccc(NCCCCCC(=O)N4CCC(N5CCOCC5)CC4)cc3C2=O)C(=O)N1. The molecule has 1 unspecified atom stereocenters. The molecule has 1 aromatic carbocycles. The summed E-state index contributed by atoms with van der Waals surface area (Å²) < 4.78 is 5.44. The molecule has 0 spiro atoms. The highest BCUT2D eigenvalue weighted by molar-refractivity contribution is 6.23. The van der Waals surface area contributed by atoms with E-state index in [4.69, 9.17) is 4.74 Å². The lowest BCUT2D eigenvalue weighted by atomic mass is 10.0. The van der Waals surface area contributed by atoms with Crippen LogP contribution in [0, 0.1) is 0 Å². The molecule has 0 radical (unpaired) electrons. The lowest BCUT2D eigenvalue weighted by molar-refractivity contribution is -0.136. The zero-order chi connectivity index (χ0) is 27.4. The Balaban J connectivity index is 1.01. The van der Waals surface area contributed by atoms with Crippen LogP contribution in [-0.4, -0.2) is 102 Å². The van der Waals surface area contributed by atoms with Gasteiger partial charge in [0.2, 0.25) is 17.7 Å². The maximum Gasteiger partial charge on any atom is 0.262 e. The van der Waals surface area contributed by atoms with Gasteiger partial charge in [0.1, 0.15) is 6.04 Å². The summed E-state index contributed by atoms with van der Waals surface area (Å²) >= 11 is 0. The van der Waals surface area contributed by atoms with Gasteiger partial charge < -0.3 is 15.0 Å². The van der Waals surface area contributed by atoms with Crippen molar-refractivity contribution in [2.75, 3.05) is 51.3 Å². The maximum atomic E-state index is 13.0. The fourth-order valence-corrected chi connectivity index (χ4v) is 5.97. The number of nitrogens with zero attached hydrogens (tertiary/aromatic N) is 3. The topological polar surface area (TPSA) is 128 Å². The van der Waals surface area contributed by atoms with Crippen molar-refractivity contribution in [1.29, 1.82) is 0 Å². The molecule has 3 saturated heterocycles. The number of hydrogen-bond acceptors (Lipinski definition) is 8. The number of ether oxygens (including phenoxy) is 1. The Kier molecular flexibility index (Phi) is 8.56. The zero-order valence-corrected chi connectivity index (χ0v) is 22.3. The van der Waals surface area contributed by atoms with E-state index in [1.807, 2.05) is 4.90 Å². The molecule has 0 bridgehead atoms. The Morgan fingerprint density at radius 2 is 1.67 bits per heavy atom. The summed E-state index contributed by atoms with van der Waals surface area (Å²) in [5.41, 5.74) is 1.25. The van der Waals surface area contributed by atoms with Crippen LogP contribution in [0.1, 0.15) is 72.1 Å². The zero-order valence-electron chi connectivity index (χ0n) is 22.3. The van der Waals surface area contributed by atoms with Gasteiger partial charge >= 0.3 is 0 Å². The van der Waals surface area contributed by atoms with E-state index in [0.29, 0.717) is 19.0 Å². The predicted octanol–water partition coefficient (Wildman–Crippen LogP) is 1.38. The standard InChI is InChI=1S/C28H37N5O6/c34-24-8-7-23(26(36)30-24)33-27(37)21-6-5-19(18-22(21)28(33)38)29-11-3-1-2-4-25(35)32-12-9-20(10-13-32)31-14-16-39-17-15-31/h5-6,18,20,23,29H,1-4,7-17H2,(H,30,34,36). The Morgan fingerprint density at radius 1 is 0.923 bits per heavy atom. The molecule has 1 atom stereocenters. The summed E-state index contributed by atoms with van der Waals surface area (Å²) in [7, 11) is 0. The van der Waals surface area contributed by atoms with E-state index >= 15 is 0 Å². The molecule has 210 valence electrons. The van der Waals surface area contributed by atoms with Crippen LogP contribution in [0.4, 0.5) is 5.69 Å². The number of nitrogens with one attached hydrogen (secondary N) is 2. The number of morpholine rings is 1. The van der Waals surface area contributed by atoms with E-state index in [-0.39, 0.29) is 29.9 Å². The van der Waals surface area contributed by atoms with Crippen molar-refractivity contribution in [3.05, 3.63) is 29.3 Å². The first-order valence-corrected chi connectivity index (χ1v) is 14.1. The Hall–Kier alpha value is -3.31. The van der Waals surface area contributed by atoms with Crippen LogP contribution >= 0.6 is 0 Å². The molecule has 4 heterocycles. The number of imide groups is 2. The van der Waals surface area contributed by atoms with Gasteiger partial charge in [0.25, 0.3) is 11.8 Å². The fourth-order valence-electron chi connectivity index (χ4n) is 5.97.